The van der Waals surface area contributed by atoms with Gasteiger partial charge >= 0.3 is 0 Å². The van der Waals surface area contributed by atoms with Crippen molar-refractivity contribution in [1.82, 2.24) is 5.32 Å². The molecule has 1 atom stereocenters. The molecule has 0 aromatic rings. The molecule has 17 heavy (non-hydrogen) atoms. The lowest BCUT2D eigenvalue weighted by Gasteiger charge is -2.32. The number of hydrogen-bond donors (Lipinski definition) is 1. The maximum atomic E-state index is 5.43. The van der Waals surface area contributed by atoms with Crippen molar-refractivity contribution >= 4 is 16.9 Å². The molecule has 0 radical (unpaired) electrons. The van der Waals surface area contributed by atoms with Crippen LogP contribution in [0.3, 0.4) is 0 Å². The fourth-order valence-corrected chi connectivity index (χ4v) is 3.79. The molecule has 0 amide bonds. The first-order valence-electron chi connectivity index (χ1n) is 6.47. The number of nitrogens with one attached hydrogen (secondary N) is 1. The summed E-state index contributed by atoms with van der Waals surface area (Å²) in [5.74, 6) is 1.78. The van der Waals surface area contributed by atoms with Gasteiger partial charge in [-0.3, -0.25) is 4.99 Å². The van der Waals surface area contributed by atoms with E-state index in [0.717, 1.165) is 56.7 Å². The second kappa shape index (κ2) is 5.16. The number of nitrogens with zero attached hydrogens (tertiary/aromatic N) is 1. The van der Waals surface area contributed by atoms with Gasteiger partial charge in [0, 0.05) is 38.0 Å². The molecular weight excluding hydrogens is 236 g/mol. The van der Waals surface area contributed by atoms with Crippen molar-refractivity contribution in [2.75, 3.05) is 38.7 Å². The monoisotopic (exact) mass is 256 g/mol. The van der Waals surface area contributed by atoms with Crippen LogP contribution < -0.4 is 5.32 Å². The highest BCUT2D eigenvalue weighted by Crippen LogP contribution is 2.31. The average Bonchev–Trinajstić information content (AvgIpc) is 2.98. The Morgan fingerprint density at radius 2 is 2.18 bits per heavy atom. The Morgan fingerprint density at radius 3 is 2.94 bits per heavy atom. The Morgan fingerprint density at radius 1 is 1.29 bits per heavy atom. The van der Waals surface area contributed by atoms with E-state index in [1.807, 2.05) is 11.8 Å². The van der Waals surface area contributed by atoms with Gasteiger partial charge in [0.25, 0.3) is 0 Å². The fourth-order valence-electron chi connectivity index (χ4n) is 2.56. The summed E-state index contributed by atoms with van der Waals surface area (Å²) < 4.78 is 10.8. The summed E-state index contributed by atoms with van der Waals surface area (Å²) in [6.45, 7) is 4.49. The molecule has 0 aliphatic carbocycles. The quantitative estimate of drug-likeness (QED) is 0.808. The Kier molecular flexibility index (Phi) is 3.59. The van der Waals surface area contributed by atoms with Crippen LogP contribution in [0.1, 0.15) is 19.3 Å². The molecule has 5 heteroatoms. The van der Waals surface area contributed by atoms with E-state index in [-0.39, 0.29) is 5.54 Å². The van der Waals surface area contributed by atoms with Crippen molar-refractivity contribution in [1.29, 1.82) is 0 Å². The van der Waals surface area contributed by atoms with Crippen LogP contribution in [-0.2, 0) is 9.47 Å². The van der Waals surface area contributed by atoms with Gasteiger partial charge in [-0.15, -0.1) is 0 Å². The number of rotatable bonds is 2. The number of aliphatic imine (C=N–C) groups is 1. The van der Waals surface area contributed by atoms with Crippen LogP contribution in [0.25, 0.3) is 0 Å². The maximum Gasteiger partial charge on any atom is 0.157 e. The standard InChI is InChI=1S/C12H20N2O2S/c1-4-16-8-10(1)7-13-11-14-12(9-17-11)2-5-15-6-3-12/h10H,1-9H2,(H,13,14). The van der Waals surface area contributed by atoms with Crippen molar-refractivity contribution in [2.45, 2.75) is 24.8 Å². The Bertz CT molecular complexity index is 297. The van der Waals surface area contributed by atoms with Crippen molar-refractivity contribution < 1.29 is 9.47 Å². The van der Waals surface area contributed by atoms with Crippen LogP contribution in [0.15, 0.2) is 4.99 Å². The molecule has 1 unspecified atom stereocenters. The minimum atomic E-state index is 0.272. The summed E-state index contributed by atoms with van der Waals surface area (Å²) in [6, 6.07) is 0. The van der Waals surface area contributed by atoms with Crippen LogP contribution in [0, 0.1) is 5.92 Å². The maximum absolute atomic E-state index is 5.43. The molecule has 3 aliphatic heterocycles. The van der Waals surface area contributed by atoms with Gasteiger partial charge in [0.15, 0.2) is 5.17 Å². The van der Waals surface area contributed by atoms with Gasteiger partial charge < -0.3 is 14.8 Å². The molecule has 3 aliphatic rings. The minimum absolute atomic E-state index is 0.272. The molecule has 0 aromatic heterocycles. The molecule has 0 saturated carbocycles. The zero-order chi connectivity index (χ0) is 11.6. The van der Waals surface area contributed by atoms with Crippen molar-refractivity contribution in [2.24, 2.45) is 10.9 Å². The van der Waals surface area contributed by atoms with E-state index in [1.165, 1.54) is 6.42 Å². The average molecular weight is 256 g/mol. The molecule has 0 aromatic carbocycles. The molecular formula is C12H20N2O2S. The van der Waals surface area contributed by atoms with Gasteiger partial charge in [0.2, 0.25) is 0 Å². The van der Waals surface area contributed by atoms with E-state index in [1.54, 1.807) is 0 Å². The minimum Gasteiger partial charge on any atom is -0.381 e. The molecule has 3 fully saturated rings. The predicted octanol–water partition coefficient (Wildman–Crippen LogP) is 1.26. The second-order valence-electron chi connectivity index (χ2n) is 5.18. The topological polar surface area (TPSA) is 42.9 Å². The van der Waals surface area contributed by atoms with E-state index in [4.69, 9.17) is 14.5 Å². The summed E-state index contributed by atoms with van der Waals surface area (Å²) in [7, 11) is 0. The van der Waals surface area contributed by atoms with Gasteiger partial charge in [-0.2, -0.15) is 0 Å². The molecule has 0 bridgehead atoms. The van der Waals surface area contributed by atoms with Gasteiger partial charge in [-0.25, -0.2) is 0 Å². The van der Waals surface area contributed by atoms with Crippen LogP contribution in [0.4, 0.5) is 0 Å². The fraction of sp³-hybridized carbons (Fsp3) is 0.917. The second-order valence-corrected chi connectivity index (χ2v) is 6.15. The van der Waals surface area contributed by atoms with Crippen LogP contribution in [-0.4, -0.2) is 49.4 Å². The van der Waals surface area contributed by atoms with Gasteiger partial charge in [0.1, 0.15) is 0 Å². The van der Waals surface area contributed by atoms with Crippen LogP contribution in [0.5, 0.6) is 0 Å². The lowest BCUT2D eigenvalue weighted by molar-refractivity contribution is 0.0555. The first-order valence-corrected chi connectivity index (χ1v) is 7.46. The third-order valence-electron chi connectivity index (χ3n) is 3.82. The highest BCUT2D eigenvalue weighted by atomic mass is 32.2. The third-order valence-corrected chi connectivity index (χ3v) is 5.03. The van der Waals surface area contributed by atoms with E-state index in [2.05, 4.69) is 5.32 Å². The molecule has 4 nitrogen and oxygen atoms in total. The Hall–Kier alpha value is -0.260. The number of thioether (sulfide) groups is 1. The molecule has 1 spiro atoms. The SMILES string of the molecule is C1CC2(CCO1)CSC(=NCC1CCOC1)N2. The highest BCUT2D eigenvalue weighted by Gasteiger charge is 2.38. The molecule has 1 N–H and O–H groups in total. The van der Waals surface area contributed by atoms with Crippen LogP contribution in [0.2, 0.25) is 0 Å². The summed E-state index contributed by atoms with van der Waals surface area (Å²) in [6.07, 6.45) is 3.40. The lowest BCUT2D eigenvalue weighted by atomic mass is 9.93. The summed E-state index contributed by atoms with van der Waals surface area (Å²) >= 11 is 1.87. The van der Waals surface area contributed by atoms with E-state index in [9.17, 15) is 0 Å². The summed E-state index contributed by atoms with van der Waals surface area (Å²) in [5, 5.41) is 4.76. The van der Waals surface area contributed by atoms with Crippen molar-refractivity contribution in [3.63, 3.8) is 0 Å². The number of amidine groups is 1. The molecule has 3 rings (SSSR count). The van der Waals surface area contributed by atoms with E-state index < -0.39 is 0 Å². The smallest absolute Gasteiger partial charge is 0.157 e. The van der Waals surface area contributed by atoms with Crippen LogP contribution >= 0.6 is 11.8 Å². The zero-order valence-corrected chi connectivity index (χ0v) is 10.9. The first kappa shape index (κ1) is 11.8. The number of ether oxygens (including phenoxy) is 2. The number of hydrogen-bond acceptors (Lipinski definition) is 4. The molecule has 3 saturated heterocycles. The normalized spacial score (nSPS) is 34.4. The summed E-state index contributed by atoms with van der Waals surface area (Å²) in [4.78, 5) is 4.70. The lowest BCUT2D eigenvalue weighted by Crippen LogP contribution is -2.48. The highest BCUT2D eigenvalue weighted by molar-refractivity contribution is 8.14. The Balaban J connectivity index is 1.53. The van der Waals surface area contributed by atoms with E-state index >= 15 is 0 Å². The van der Waals surface area contributed by atoms with Gasteiger partial charge in [0.05, 0.1) is 12.1 Å². The first-order chi connectivity index (χ1) is 8.36. The van der Waals surface area contributed by atoms with Crippen molar-refractivity contribution in [3.8, 4) is 0 Å². The van der Waals surface area contributed by atoms with Gasteiger partial charge in [-0.05, 0) is 19.3 Å². The zero-order valence-electron chi connectivity index (χ0n) is 10.1. The van der Waals surface area contributed by atoms with Crippen molar-refractivity contribution in [3.05, 3.63) is 0 Å². The summed E-state index contributed by atoms with van der Waals surface area (Å²) in [5.41, 5.74) is 0.272. The largest absolute Gasteiger partial charge is 0.381 e. The Labute approximate surface area is 107 Å². The molecule has 96 valence electrons. The van der Waals surface area contributed by atoms with Gasteiger partial charge in [-0.1, -0.05) is 11.8 Å². The van der Waals surface area contributed by atoms with E-state index in [0.29, 0.717) is 5.92 Å². The molecule has 3 heterocycles. The predicted molar refractivity (Wildman–Crippen MR) is 69.6 cm³/mol. The third kappa shape index (κ3) is 2.77.